The zero-order chi connectivity index (χ0) is 21.1. The number of amidine groups is 1. The largest absolute Gasteiger partial charge is 0.350 e. The summed E-state index contributed by atoms with van der Waals surface area (Å²) in [5, 5.41) is 17.4. The summed E-state index contributed by atoms with van der Waals surface area (Å²) in [4.78, 5) is 13.3. The highest BCUT2D eigenvalue weighted by Crippen LogP contribution is 2.34. The number of imidazole rings is 1. The van der Waals surface area contributed by atoms with Crippen LogP contribution in [0.4, 0.5) is 8.78 Å². The number of halogens is 2. The molecule has 0 aliphatic carbocycles. The Kier molecular flexibility index (Phi) is 5.35. The standard InChI is InChI=1S/C22H18F2N6/c23-14-6-7-17(24)16(11-14)20-5-2-10-30(20)21(26)8-9-22-27-13-19(29-22)18-4-1-3-15(12-25)28-18/h1,3-4,6-9,11,13,20,26H,2,5,10H2,(H,27,29)/b9-8-,26-21?/t20-/m1/s1. The van der Waals surface area contributed by atoms with Crippen LogP contribution in [-0.4, -0.2) is 32.2 Å². The first kappa shape index (κ1) is 19.5. The summed E-state index contributed by atoms with van der Waals surface area (Å²) in [6.07, 6.45) is 6.28. The monoisotopic (exact) mass is 404 g/mol. The summed E-state index contributed by atoms with van der Waals surface area (Å²) in [6.45, 7) is 0.595. The molecule has 1 fully saturated rings. The first-order valence-corrected chi connectivity index (χ1v) is 9.46. The van der Waals surface area contributed by atoms with Crippen molar-refractivity contribution in [2.45, 2.75) is 18.9 Å². The van der Waals surface area contributed by atoms with Crippen LogP contribution in [0.1, 0.15) is 36.0 Å². The van der Waals surface area contributed by atoms with Gasteiger partial charge in [-0.05, 0) is 55.3 Å². The number of H-pyrrole nitrogens is 1. The van der Waals surface area contributed by atoms with E-state index in [1.54, 1.807) is 41.4 Å². The van der Waals surface area contributed by atoms with Gasteiger partial charge in [0.15, 0.2) is 0 Å². The fourth-order valence-corrected chi connectivity index (χ4v) is 3.60. The number of nitrogens with zero attached hydrogens (tertiary/aromatic N) is 4. The molecule has 2 N–H and O–H groups in total. The van der Waals surface area contributed by atoms with Crippen LogP contribution in [0.25, 0.3) is 17.5 Å². The highest BCUT2D eigenvalue weighted by atomic mass is 19.1. The molecule has 0 bridgehead atoms. The Bertz CT molecular complexity index is 1160. The van der Waals surface area contributed by atoms with Crippen LogP contribution in [0, 0.1) is 28.4 Å². The topological polar surface area (TPSA) is 92.5 Å². The van der Waals surface area contributed by atoms with Crippen molar-refractivity contribution in [2.75, 3.05) is 6.54 Å². The maximum Gasteiger partial charge on any atom is 0.141 e. The molecule has 3 heterocycles. The molecule has 2 aromatic heterocycles. The fourth-order valence-electron chi connectivity index (χ4n) is 3.60. The predicted molar refractivity (Wildman–Crippen MR) is 108 cm³/mol. The normalized spacial score (nSPS) is 16.2. The minimum absolute atomic E-state index is 0.198. The van der Waals surface area contributed by atoms with E-state index in [0.717, 1.165) is 18.6 Å². The maximum absolute atomic E-state index is 14.2. The summed E-state index contributed by atoms with van der Waals surface area (Å²) in [5.74, 6) is -0.235. The van der Waals surface area contributed by atoms with E-state index >= 15 is 0 Å². The number of pyridine rings is 1. The molecular weight excluding hydrogens is 386 g/mol. The lowest BCUT2D eigenvalue weighted by Gasteiger charge is -2.26. The van der Waals surface area contributed by atoms with Crippen molar-refractivity contribution < 1.29 is 8.78 Å². The number of hydrogen-bond acceptors (Lipinski definition) is 4. The van der Waals surface area contributed by atoms with E-state index in [4.69, 9.17) is 10.7 Å². The Morgan fingerprint density at radius 2 is 2.17 bits per heavy atom. The maximum atomic E-state index is 14.2. The summed E-state index contributed by atoms with van der Waals surface area (Å²) >= 11 is 0. The van der Waals surface area contributed by atoms with E-state index in [9.17, 15) is 8.78 Å². The number of aromatic nitrogens is 3. The Morgan fingerprint density at radius 1 is 1.30 bits per heavy atom. The fraction of sp³-hybridized carbons (Fsp3) is 0.182. The van der Waals surface area contributed by atoms with E-state index in [-0.39, 0.29) is 17.4 Å². The number of hydrogen-bond donors (Lipinski definition) is 2. The van der Waals surface area contributed by atoms with Crippen molar-refractivity contribution in [1.82, 2.24) is 19.9 Å². The number of nitrogens with one attached hydrogen (secondary N) is 2. The van der Waals surface area contributed by atoms with Gasteiger partial charge >= 0.3 is 0 Å². The number of rotatable bonds is 4. The second kappa shape index (κ2) is 8.25. The minimum atomic E-state index is -0.488. The molecule has 1 aliphatic heterocycles. The summed E-state index contributed by atoms with van der Waals surface area (Å²) in [6, 6.07) is 10.2. The molecule has 6 nitrogen and oxygen atoms in total. The lowest BCUT2D eigenvalue weighted by molar-refractivity contribution is 0.385. The molecular formula is C22H18F2N6. The first-order valence-electron chi connectivity index (χ1n) is 9.46. The van der Waals surface area contributed by atoms with Gasteiger partial charge in [-0.2, -0.15) is 5.26 Å². The Morgan fingerprint density at radius 3 is 3.00 bits per heavy atom. The lowest BCUT2D eigenvalue weighted by atomic mass is 10.0. The molecule has 1 atom stereocenters. The van der Waals surface area contributed by atoms with Crippen LogP contribution < -0.4 is 0 Å². The molecule has 150 valence electrons. The van der Waals surface area contributed by atoms with Crippen molar-refractivity contribution in [2.24, 2.45) is 0 Å². The van der Waals surface area contributed by atoms with Gasteiger partial charge in [0.25, 0.3) is 0 Å². The van der Waals surface area contributed by atoms with Crippen LogP contribution in [0.15, 0.2) is 48.7 Å². The van der Waals surface area contributed by atoms with Crippen molar-refractivity contribution in [3.8, 4) is 17.5 Å². The third-order valence-corrected chi connectivity index (χ3v) is 5.01. The van der Waals surface area contributed by atoms with Gasteiger partial charge in [0.1, 0.15) is 35.1 Å². The molecule has 1 aromatic carbocycles. The SMILES string of the molecule is N#Cc1cccc(-c2cnc(/C=C\C(=N)N3CCC[C@@H]3c3cc(F)ccc3F)[nH]2)n1. The van der Waals surface area contributed by atoms with Gasteiger partial charge in [-0.3, -0.25) is 5.41 Å². The molecule has 1 saturated heterocycles. The van der Waals surface area contributed by atoms with Gasteiger partial charge in [-0.15, -0.1) is 0 Å². The smallest absolute Gasteiger partial charge is 0.141 e. The highest BCUT2D eigenvalue weighted by molar-refractivity contribution is 5.94. The third-order valence-electron chi connectivity index (χ3n) is 5.01. The van der Waals surface area contributed by atoms with Crippen molar-refractivity contribution in [3.63, 3.8) is 0 Å². The van der Waals surface area contributed by atoms with Gasteiger partial charge in [0.2, 0.25) is 0 Å². The number of likely N-dealkylation sites (tertiary alicyclic amines) is 1. The molecule has 0 radical (unpaired) electrons. The van der Waals surface area contributed by atoms with E-state index in [2.05, 4.69) is 15.0 Å². The van der Waals surface area contributed by atoms with Crippen molar-refractivity contribution in [3.05, 3.63) is 77.4 Å². The van der Waals surface area contributed by atoms with Gasteiger partial charge in [-0.25, -0.2) is 18.7 Å². The van der Waals surface area contributed by atoms with E-state index in [1.807, 2.05) is 6.07 Å². The molecule has 0 spiro atoms. The summed E-state index contributed by atoms with van der Waals surface area (Å²) < 4.78 is 27.8. The van der Waals surface area contributed by atoms with Crippen LogP contribution in [0.5, 0.6) is 0 Å². The third kappa shape index (κ3) is 3.96. The number of nitriles is 1. The van der Waals surface area contributed by atoms with Gasteiger partial charge in [0, 0.05) is 12.1 Å². The van der Waals surface area contributed by atoms with Crippen LogP contribution in [-0.2, 0) is 0 Å². The van der Waals surface area contributed by atoms with E-state index in [0.29, 0.717) is 35.9 Å². The van der Waals surface area contributed by atoms with Crippen LogP contribution in [0.3, 0.4) is 0 Å². The average Bonchev–Trinajstić information content (AvgIpc) is 3.43. The number of aromatic amines is 1. The summed E-state index contributed by atoms with van der Waals surface area (Å²) in [5.41, 5.74) is 1.83. The molecule has 0 saturated carbocycles. The highest BCUT2D eigenvalue weighted by Gasteiger charge is 2.29. The molecule has 1 aliphatic rings. The van der Waals surface area contributed by atoms with Gasteiger partial charge in [-0.1, -0.05) is 6.07 Å². The quantitative estimate of drug-likeness (QED) is 0.496. The lowest BCUT2D eigenvalue weighted by Crippen LogP contribution is -2.29. The Labute approximate surface area is 172 Å². The molecule has 4 rings (SSSR count). The van der Waals surface area contributed by atoms with Crippen LogP contribution >= 0.6 is 0 Å². The first-order chi connectivity index (χ1) is 14.5. The minimum Gasteiger partial charge on any atom is -0.350 e. The zero-order valence-corrected chi connectivity index (χ0v) is 15.9. The summed E-state index contributed by atoms with van der Waals surface area (Å²) in [7, 11) is 0. The molecule has 0 unspecified atom stereocenters. The van der Waals surface area contributed by atoms with E-state index < -0.39 is 11.6 Å². The predicted octanol–water partition coefficient (Wildman–Crippen LogP) is 4.45. The second-order valence-electron chi connectivity index (χ2n) is 6.94. The van der Waals surface area contributed by atoms with E-state index in [1.165, 1.54) is 6.07 Å². The second-order valence-corrected chi connectivity index (χ2v) is 6.94. The Hall–Kier alpha value is -3.86. The molecule has 8 heteroatoms. The Balaban J connectivity index is 1.50. The molecule has 3 aromatic rings. The zero-order valence-electron chi connectivity index (χ0n) is 15.9. The van der Waals surface area contributed by atoms with Gasteiger partial charge < -0.3 is 9.88 Å². The van der Waals surface area contributed by atoms with Gasteiger partial charge in [0.05, 0.1) is 23.6 Å². The van der Waals surface area contributed by atoms with Crippen LogP contribution in [0.2, 0.25) is 0 Å². The molecule has 30 heavy (non-hydrogen) atoms. The number of benzene rings is 1. The average molecular weight is 404 g/mol. The van der Waals surface area contributed by atoms with Crippen molar-refractivity contribution >= 4 is 11.9 Å². The van der Waals surface area contributed by atoms with Crippen molar-refractivity contribution in [1.29, 1.82) is 10.7 Å². The molecule has 0 amide bonds.